The Bertz CT molecular complexity index is 812. The van der Waals surface area contributed by atoms with Crippen LogP contribution in [0.2, 0.25) is 0 Å². The number of unbranched alkanes of at least 4 members (excludes halogenated alkanes) is 1. The highest BCUT2D eigenvalue weighted by Gasteiger charge is 2.20. The lowest BCUT2D eigenvalue weighted by atomic mass is 10.2. The highest BCUT2D eigenvalue weighted by molar-refractivity contribution is 7.93. The van der Waals surface area contributed by atoms with Gasteiger partial charge in [-0.1, -0.05) is 42.4 Å². The molecule has 0 atom stereocenters. The molecule has 0 unspecified atom stereocenters. The van der Waals surface area contributed by atoms with E-state index in [0.717, 1.165) is 29.7 Å². The molecule has 2 N–H and O–H groups in total. The monoisotopic (exact) mass is 367 g/mol. The molecule has 2 aromatic rings. The Hall–Kier alpha value is -1.93. The molecule has 0 aliphatic heterocycles. The number of carbonyl (C=O) groups excluding carboxylic acids is 1. The van der Waals surface area contributed by atoms with Gasteiger partial charge >= 0.3 is 0 Å². The standard InChI is InChI=1S/C16H21N3O3S2/c1-4-5-10-17-15(20)14-12(3)18-16(23-14)19-24(21,22)13-8-6-11(2)7-9-13/h6-9H,4-5,10H2,1-3H3,(H,17,20)(H,18,19). The van der Waals surface area contributed by atoms with Gasteiger partial charge in [-0.2, -0.15) is 0 Å². The van der Waals surface area contributed by atoms with Crippen LogP contribution in [-0.2, 0) is 10.0 Å². The first-order valence-corrected chi connectivity index (χ1v) is 9.98. The lowest BCUT2D eigenvalue weighted by molar-refractivity contribution is 0.0956. The number of nitrogens with one attached hydrogen (secondary N) is 2. The van der Waals surface area contributed by atoms with Gasteiger partial charge in [0.15, 0.2) is 5.13 Å². The molecule has 1 amide bonds. The molecule has 0 aliphatic carbocycles. The second-order valence-corrected chi connectivity index (χ2v) is 8.14. The summed E-state index contributed by atoms with van der Waals surface area (Å²) in [6, 6.07) is 6.54. The third-order valence-electron chi connectivity index (χ3n) is 3.37. The number of carbonyl (C=O) groups is 1. The largest absolute Gasteiger partial charge is 0.351 e. The molecule has 0 aliphatic rings. The number of aryl methyl sites for hydroxylation is 2. The van der Waals surface area contributed by atoms with Crippen LogP contribution in [-0.4, -0.2) is 25.9 Å². The van der Waals surface area contributed by atoms with Crippen molar-refractivity contribution in [1.29, 1.82) is 0 Å². The summed E-state index contributed by atoms with van der Waals surface area (Å²) in [7, 11) is -3.71. The molecule has 0 saturated carbocycles. The SMILES string of the molecule is CCCCNC(=O)c1sc(NS(=O)(=O)c2ccc(C)cc2)nc1C. The molecule has 0 radical (unpaired) electrons. The van der Waals surface area contributed by atoms with Gasteiger partial charge in [-0.15, -0.1) is 0 Å². The van der Waals surface area contributed by atoms with Gasteiger partial charge in [0.1, 0.15) is 4.88 Å². The first-order valence-electron chi connectivity index (χ1n) is 7.68. The number of aromatic nitrogens is 1. The van der Waals surface area contributed by atoms with Gasteiger partial charge in [0.05, 0.1) is 10.6 Å². The van der Waals surface area contributed by atoms with Crippen LogP contribution in [0.3, 0.4) is 0 Å². The maximum atomic E-state index is 12.4. The molecular formula is C16H21N3O3S2. The zero-order chi connectivity index (χ0) is 17.7. The number of sulfonamides is 1. The molecule has 1 heterocycles. The predicted molar refractivity (Wildman–Crippen MR) is 96.1 cm³/mol. The van der Waals surface area contributed by atoms with Crippen molar-refractivity contribution in [1.82, 2.24) is 10.3 Å². The van der Waals surface area contributed by atoms with Crippen molar-refractivity contribution in [2.45, 2.75) is 38.5 Å². The Morgan fingerprint density at radius 1 is 1.21 bits per heavy atom. The van der Waals surface area contributed by atoms with Gasteiger partial charge in [0.25, 0.3) is 15.9 Å². The van der Waals surface area contributed by atoms with E-state index in [2.05, 4.69) is 15.0 Å². The topological polar surface area (TPSA) is 88.2 Å². The maximum Gasteiger partial charge on any atom is 0.263 e. The second-order valence-electron chi connectivity index (χ2n) is 5.46. The minimum atomic E-state index is -3.71. The Morgan fingerprint density at radius 2 is 1.88 bits per heavy atom. The fourth-order valence-corrected chi connectivity index (χ4v) is 4.12. The van der Waals surface area contributed by atoms with E-state index in [4.69, 9.17) is 0 Å². The van der Waals surface area contributed by atoms with Crippen molar-refractivity contribution in [3.05, 3.63) is 40.4 Å². The number of nitrogens with zero attached hydrogens (tertiary/aromatic N) is 1. The van der Waals surface area contributed by atoms with Crippen LogP contribution < -0.4 is 10.0 Å². The fraction of sp³-hybridized carbons (Fsp3) is 0.375. The Labute approximate surface area is 146 Å². The fourth-order valence-electron chi connectivity index (χ4n) is 2.00. The summed E-state index contributed by atoms with van der Waals surface area (Å²) >= 11 is 1.04. The van der Waals surface area contributed by atoms with E-state index in [1.54, 1.807) is 19.1 Å². The normalized spacial score (nSPS) is 11.3. The second kappa shape index (κ2) is 7.76. The number of benzene rings is 1. The van der Waals surface area contributed by atoms with Gasteiger partial charge < -0.3 is 5.32 Å². The molecule has 2 rings (SSSR count). The molecule has 130 valence electrons. The third-order valence-corrected chi connectivity index (χ3v) is 5.93. The van der Waals surface area contributed by atoms with Gasteiger partial charge in [-0.3, -0.25) is 9.52 Å². The van der Waals surface area contributed by atoms with Crippen LogP contribution in [0.5, 0.6) is 0 Å². The Morgan fingerprint density at radius 3 is 2.50 bits per heavy atom. The summed E-state index contributed by atoms with van der Waals surface area (Å²) in [5, 5.41) is 3.00. The summed E-state index contributed by atoms with van der Waals surface area (Å²) in [6.45, 7) is 6.21. The molecule has 0 bridgehead atoms. The van der Waals surface area contributed by atoms with Crippen molar-refractivity contribution in [2.24, 2.45) is 0 Å². The minimum Gasteiger partial charge on any atom is -0.351 e. The zero-order valence-electron chi connectivity index (χ0n) is 13.9. The van der Waals surface area contributed by atoms with E-state index in [-0.39, 0.29) is 15.9 Å². The number of rotatable bonds is 7. The number of thiazole rings is 1. The average molecular weight is 367 g/mol. The van der Waals surface area contributed by atoms with E-state index in [1.165, 1.54) is 12.1 Å². The number of amides is 1. The van der Waals surface area contributed by atoms with Crippen molar-refractivity contribution in [3.63, 3.8) is 0 Å². The van der Waals surface area contributed by atoms with Gasteiger partial charge in [0.2, 0.25) is 0 Å². The summed E-state index contributed by atoms with van der Waals surface area (Å²) in [6.07, 6.45) is 1.89. The molecule has 8 heteroatoms. The molecule has 6 nitrogen and oxygen atoms in total. The zero-order valence-corrected chi connectivity index (χ0v) is 15.6. The van der Waals surface area contributed by atoms with E-state index in [1.807, 2.05) is 13.8 Å². The van der Waals surface area contributed by atoms with Crippen LogP contribution >= 0.6 is 11.3 Å². The van der Waals surface area contributed by atoms with Crippen molar-refractivity contribution >= 4 is 32.4 Å². The van der Waals surface area contributed by atoms with Crippen LogP contribution in [0.4, 0.5) is 5.13 Å². The lowest BCUT2D eigenvalue weighted by Crippen LogP contribution is -2.24. The lowest BCUT2D eigenvalue weighted by Gasteiger charge is -2.05. The number of anilines is 1. The van der Waals surface area contributed by atoms with Gasteiger partial charge in [-0.05, 0) is 32.4 Å². The smallest absolute Gasteiger partial charge is 0.263 e. The van der Waals surface area contributed by atoms with Gasteiger partial charge in [0, 0.05) is 6.54 Å². The minimum absolute atomic E-state index is 0.162. The summed E-state index contributed by atoms with van der Waals surface area (Å²) in [5.74, 6) is -0.223. The average Bonchev–Trinajstić information content (AvgIpc) is 2.87. The Kier molecular flexibility index (Phi) is 5.95. The van der Waals surface area contributed by atoms with Crippen molar-refractivity contribution in [3.8, 4) is 0 Å². The highest BCUT2D eigenvalue weighted by atomic mass is 32.2. The molecule has 0 saturated heterocycles. The summed E-state index contributed by atoms with van der Waals surface area (Å²) in [5.41, 5.74) is 1.49. The van der Waals surface area contributed by atoms with E-state index >= 15 is 0 Å². The summed E-state index contributed by atoms with van der Waals surface area (Å²) < 4.78 is 27.2. The quantitative estimate of drug-likeness (QED) is 0.736. The van der Waals surface area contributed by atoms with E-state index < -0.39 is 10.0 Å². The van der Waals surface area contributed by atoms with Crippen LogP contribution in [0, 0.1) is 13.8 Å². The number of hydrogen-bond acceptors (Lipinski definition) is 5. The highest BCUT2D eigenvalue weighted by Crippen LogP contribution is 2.25. The molecule has 0 fully saturated rings. The van der Waals surface area contributed by atoms with Crippen LogP contribution in [0.25, 0.3) is 0 Å². The molecule has 0 spiro atoms. The van der Waals surface area contributed by atoms with E-state index in [0.29, 0.717) is 17.1 Å². The first-order chi connectivity index (χ1) is 11.3. The molecular weight excluding hydrogens is 346 g/mol. The summed E-state index contributed by atoms with van der Waals surface area (Å²) in [4.78, 5) is 16.9. The Balaban J connectivity index is 2.14. The number of hydrogen-bond donors (Lipinski definition) is 2. The maximum absolute atomic E-state index is 12.4. The van der Waals surface area contributed by atoms with Crippen molar-refractivity contribution in [2.75, 3.05) is 11.3 Å². The first kappa shape index (κ1) is 18.4. The van der Waals surface area contributed by atoms with Crippen molar-refractivity contribution < 1.29 is 13.2 Å². The molecule has 1 aromatic heterocycles. The van der Waals surface area contributed by atoms with E-state index in [9.17, 15) is 13.2 Å². The van der Waals surface area contributed by atoms with Crippen LogP contribution in [0.1, 0.15) is 40.7 Å². The third kappa shape index (κ3) is 4.55. The predicted octanol–water partition coefficient (Wildman–Crippen LogP) is 3.09. The molecule has 24 heavy (non-hydrogen) atoms. The molecule has 1 aromatic carbocycles. The van der Waals surface area contributed by atoms with Gasteiger partial charge in [-0.25, -0.2) is 13.4 Å². The van der Waals surface area contributed by atoms with Crippen LogP contribution in [0.15, 0.2) is 29.2 Å².